The minimum Gasteiger partial charge on any atom is -0.466 e. The van der Waals surface area contributed by atoms with Gasteiger partial charge in [0.2, 0.25) is 0 Å². The molecule has 18 heavy (non-hydrogen) atoms. The molecule has 1 heterocycles. The van der Waals surface area contributed by atoms with Crippen molar-refractivity contribution < 1.29 is 4.42 Å². The standard InChI is InChI=1S/C15H26N2O/c1-10(17(5)14-6-7-14)9-16-12(3)15-8-11(2)18-13(15)4/h8,10,12,14,16H,6-7,9H2,1-5H3. The number of hydrogen-bond donors (Lipinski definition) is 1. The van der Waals surface area contributed by atoms with Crippen molar-refractivity contribution >= 4 is 0 Å². The van der Waals surface area contributed by atoms with E-state index in [1.807, 2.05) is 13.8 Å². The molecule has 3 nitrogen and oxygen atoms in total. The van der Waals surface area contributed by atoms with Crippen molar-refractivity contribution in [1.82, 2.24) is 10.2 Å². The van der Waals surface area contributed by atoms with E-state index < -0.39 is 0 Å². The van der Waals surface area contributed by atoms with Crippen molar-refractivity contribution in [3.8, 4) is 0 Å². The molecule has 0 saturated heterocycles. The highest BCUT2D eigenvalue weighted by Crippen LogP contribution is 2.27. The maximum Gasteiger partial charge on any atom is 0.105 e. The fraction of sp³-hybridized carbons (Fsp3) is 0.733. The molecule has 1 aromatic heterocycles. The molecule has 2 atom stereocenters. The number of hydrogen-bond acceptors (Lipinski definition) is 3. The quantitative estimate of drug-likeness (QED) is 0.841. The van der Waals surface area contributed by atoms with Crippen molar-refractivity contribution in [2.75, 3.05) is 13.6 Å². The van der Waals surface area contributed by atoms with Gasteiger partial charge in [-0.3, -0.25) is 4.90 Å². The van der Waals surface area contributed by atoms with E-state index in [0.29, 0.717) is 12.1 Å². The van der Waals surface area contributed by atoms with E-state index in [-0.39, 0.29) is 0 Å². The number of rotatable bonds is 6. The lowest BCUT2D eigenvalue weighted by atomic mass is 10.1. The molecular formula is C15H26N2O. The van der Waals surface area contributed by atoms with E-state index in [2.05, 4.69) is 37.2 Å². The van der Waals surface area contributed by atoms with Crippen LogP contribution in [0, 0.1) is 13.8 Å². The van der Waals surface area contributed by atoms with Gasteiger partial charge in [0.05, 0.1) is 0 Å². The van der Waals surface area contributed by atoms with Crippen molar-refractivity contribution in [3.63, 3.8) is 0 Å². The van der Waals surface area contributed by atoms with Crippen LogP contribution in [0.2, 0.25) is 0 Å². The molecule has 2 unspecified atom stereocenters. The summed E-state index contributed by atoms with van der Waals surface area (Å²) >= 11 is 0. The van der Waals surface area contributed by atoms with Gasteiger partial charge < -0.3 is 9.73 Å². The summed E-state index contributed by atoms with van der Waals surface area (Å²) in [6.45, 7) is 9.58. The fourth-order valence-corrected chi connectivity index (χ4v) is 2.52. The highest BCUT2D eigenvalue weighted by atomic mass is 16.3. The molecule has 2 rings (SSSR count). The summed E-state index contributed by atoms with van der Waals surface area (Å²) in [4.78, 5) is 2.49. The van der Waals surface area contributed by atoms with Gasteiger partial charge in [-0.2, -0.15) is 0 Å². The van der Waals surface area contributed by atoms with Crippen LogP contribution >= 0.6 is 0 Å². The van der Waals surface area contributed by atoms with Gasteiger partial charge in [0.15, 0.2) is 0 Å². The summed E-state index contributed by atoms with van der Waals surface area (Å²) in [7, 11) is 2.24. The fourth-order valence-electron chi connectivity index (χ4n) is 2.52. The van der Waals surface area contributed by atoms with Gasteiger partial charge in [-0.1, -0.05) is 0 Å². The third-order valence-electron chi connectivity index (χ3n) is 4.08. The molecule has 0 aliphatic heterocycles. The van der Waals surface area contributed by atoms with Gasteiger partial charge in [0.25, 0.3) is 0 Å². The molecule has 1 fully saturated rings. The summed E-state index contributed by atoms with van der Waals surface area (Å²) in [6, 6.07) is 3.92. The highest BCUT2D eigenvalue weighted by Gasteiger charge is 2.29. The lowest BCUT2D eigenvalue weighted by Gasteiger charge is -2.26. The Morgan fingerprint density at radius 2 is 2.06 bits per heavy atom. The maximum atomic E-state index is 5.59. The van der Waals surface area contributed by atoms with E-state index in [1.165, 1.54) is 18.4 Å². The molecule has 3 heteroatoms. The number of aryl methyl sites for hydroxylation is 2. The van der Waals surface area contributed by atoms with Crippen LogP contribution in [0.4, 0.5) is 0 Å². The molecule has 102 valence electrons. The summed E-state index contributed by atoms with van der Waals surface area (Å²) < 4.78 is 5.59. The van der Waals surface area contributed by atoms with Crippen LogP contribution in [0.1, 0.15) is 49.8 Å². The summed E-state index contributed by atoms with van der Waals surface area (Å²) in [6.07, 6.45) is 2.74. The number of furan rings is 1. The molecule has 1 aliphatic rings. The number of likely N-dealkylation sites (N-methyl/N-ethyl adjacent to an activating group) is 1. The van der Waals surface area contributed by atoms with Gasteiger partial charge in [-0.25, -0.2) is 0 Å². The van der Waals surface area contributed by atoms with E-state index in [4.69, 9.17) is 4.42 Å². The Hall–Kier alpha value is -0.800. The molecule has 0 bridgehead atoms. The average molecular weight is 250 g/mol. The Kier molecular flexibility index (Phi) is 4.13. The van der Waals surface area contributed by atoms with Crippen LogP contribution in [0.15, 0.2) is 10.5 Å². The molecule has 1 aromatic rings. The predicted octanol–water partition coefficient (Wildman–Crippen LogP) is 3.03. The zero-order valence-electron chi connectivity index (χ0n) is 12.3. The largest absolute Gasteiger partial charge is 0.466 e. The van der Waals surface area contributed by atoms with Crippen molar-refractivity contribution in [2.24, 2.45) is 0 Å². The molecule has 0 amide bonds. The minimum absolute atomic E-state index is 0.359. The predicted molar refractivity (Wildman–Crippen MR) is 74.8 cm³/mol. The molecule has 0 radical (unpaired) electrons. The Bertz CT molecular complexity index is 395. The lowest BCUT2D eigenvalue weighted by Crippen LogP contribution is -2.39. The zero-order chi connectivity index (χ0) is 13.3. The third-order valence-corrected chi connectivity index (χ3v) is 4.08. The van der Waals surface area contributed by atoms with Gasteiger partial charge in [0.1, 0.15) is 11.5 Å². The Balaban J connectivity index is 1.83. The first-order chi connectivity index (χ1) is 8.49. The highest BCUT2D eigenvalue weighted by molar-refractivity contribution is 5.23. The van der Waals surface area contributed by atoms with Crippen molar-refractivity contribution in [1.29, 1.82) is 0 Å². The van der Waals surface area contributed by atoms with Gasteiger partial charge in [-0.15, -0.1) is 0 Å². The number of nitrogens with one attached hydrogen (secondary N) is 1. The monoisotopic (exact) mass is 250 g/mol. The second kappa shape index (κ2) is 5.45. The van der Waals surface area contributed by atoms with Crippen LogP contribution in [0.5, 0.6) is 0 Å². The molecule has 0 aromatic carbocycles. The van der Waals surface area contributed by atoms with E-state index >= 15 is 0 Å². The van der Waals surface area contributed by atoms with Gasteiger partial charge in [-0.05, 0) is 53.7 Å². The van der Waals surface area contributed by atoms with Gasteiger partial charge in [0, 0.05) is 30.2 Å². The minimum atomic E-state index is 0.359. The van der Waals surface area contributed by atoms with Crippen LogP contribution in [-0.2, 0) is 0 Å². The molecule has 1 aliphatic carbocycles. The summed E-state index contributed by atoms with van der Waals surface area (Å²) in [5.74, 6) is 2.04. The topological polar surface area (TPSA) is 28.4 Å². The SMILES string of the molecule is Cc1cc(C(C)NCC(C)N(C)C2CC2)c(C)o1. The first kappa shape index (κ1) is 13.6. The van der Waals surface area contributed by atoms with E-state index in [9.17, 15) is 0 Å². The molecule has 0 spiro atoms. The number of nitrogens with zero attached hydrogens (tertiary/aromatic N) is 1. The normalized spacial score (nSPS) is 19.2. The van der Waals surface area contributed by atoms with E-state index in [1.54, 1.807) is 0 Å². The van der Waals surface area contributed by atoms with E-state index in [0.717, 1.165) is 24.1 Å². The van der Waals surface area contributed by atoms with Crippen molar-refractivity contribution in [3.05, 3.63) is 23.2 Å². The summed E-state index contributed by atoms with van der Waals surface area (Å²) in [5, 5.41) is 3.61. The molecular weight excluding hydrogens is 224 g/mol. The Morgan fingerprint density at radius 3 is 2.56 bits per heavy atom. The lowest BCUT2D eigenvalue weighted by molar-refractivity contribution is 0.236. The first-order valence-electron chi connectivity index (χ1n) is 7.01. The third kappa shape index (κ3) is 3.15. The summed E-state index contributed by atoms with van der Waals surface area (Å²) in [5.41, 5.74) is 1.29. The maximum absolute atomic E-state index is 5.59. The van der Waals surface area contributed by atoms with Crippen LogP contribution < -0.4 is 5.32 Å². The molecule has 1 N–H and O–H groups in total. The first-order valence-corrected chi connectivity index (χ1v) is 7.01. The Labute approximate surface area is 111 Å². The van der Waals surface area contributed by atoms with Crippen LogP contribution in [-0.4, -0.2) is 30.6 Å². The second-order valence-electron chi connectivity index (χ2n) is 5.74. The Morgan fingerprint density at radius 1 is 1.39 bits per heavy atom. The van der Waals surface area contributed by atoms with Crippen molar-refractivity contribution in [2.45, 2.75) is 58.7 Å². The average Bonchev–Trinajstić information content (AvgIpc) is 3.10. The van der Waals surface area contributed by atoms with Gasteiger partial charge >= 0.3 is 0 Å². The molecule has 1 saturated carbocycles. The van der Waals surface area contributed by atoms with Crippen LogP contribution in [0.25, 0.3) is 0 Å². The second-order valence-corrected chi connectivity index (χ2v) is 5.74. The van der Waals surface area contributed by atoms with Crippen LogP contribution in [0.3, 0.4) is 0 Å². The smallest absolute Gasteiger partial charge is 0.105 e. The zero-order valence-corrected chi connectivity index (χ0v) is 12.3.